The first-order chi connectivity index (χ1) is 12.2. The monoisotopic (exact) mass is 472 g/mol. The first-order valence-corrected chi connectivity index (χ1v) is 9.75. The number of para-hydroxylation sites is 1. The van der Waals surface area contributed by atoms with Gasteiger partial charge >= 0.3 is 0 Å². The maximum atomic E-state index is 5.91. The molecule has 2 aliphatic rings. The number of piperidine rings is 1. The lowest BCUT2D eigenvalue weighted by Gasteiger charge is -2.33. The lowest BCUT2D eigenvalue weighted by atomic mass is 10.1. The van der Waals surface area contributed by atoms with Crippen molar-refractivity contribution in [3.8, 4) is 5.75 Å². The van der Waals surface area contributed by atoms with Gasteiger partial charge in [-0.15, -0.1) is 24.0 Å². The summed E-state index contributed by atoms with van der Waals surface area (Å²) in [6, 6.07) is 11.4. The molecule has 1 aromatic rings. The third kappa shape index (κ3) is 6.95. The van der Waals surface area contributed by atoms with Gasteiger partial charge in [-0.3, -0.25) is 0 Å². The van der Waals surface area contributed by atoms with E-state index >= 15 is 0 Å². The molecule has 5 nitrogen and oxygen atoms in total. The van der Waals surface area contributed by atoms with Crippen LogP contribution in [0.3, 0.4) is 0 Å². The summed E-state index contributed by atoms with van der Waals surface area (Å²) >= 11 is 0. The number of halogens is 1. The van der Waals surface area contributed by atoms with E-state index < -0.39 is 0 Å². The molecule has 2 N–H and O–H groups in total. The van der Waals surface area contributed by atoms with E-state index in [4.69, 9.17) is 9.73 Å². The molecule has 0 radical (unpaired) electrons. The Morgan fingerprint density at radius 2 is 1.88 bits per heavy atom. The molecule has 1 saturated carbocycles. The second-order valence-corrected chi connectivity index (χ2v) is 7.15. The largest absolute Gasteiger partial charge is 0.489 e. The maximum Gasteiger partial charge on any atom is 0.191 e. The molecule has 0 aromatic heterocycles. The summed E-state index contributed by atoms with van der Waals surface area (Å²) < 4.78 is 5.91. The van der Waals surface area contributed by atoms with Crippen molar-refractivity contribution < 1.29 is 4.74 Å². The van der Waals surface area contributed by atoms with Crippen LogP contribution in [-0.2, 0) is 0 Å². The molecular weight excluding hydrogens is 439 g/mol. The number of guanidine groups is 1. The molecule has 2 fully saturated rings. The zero-order valence-corrected chi connectivity index (χ0v) is 18.3. The highest BCUT2D eigenvalue weighted by Crippen LogP contribution is 2.29. The third-order valence-corrected chi connectivity index (χ3v) is 4.86. The lowest BCUT2D eigenvalue weighted by molar-refractivity contribution is 0.197. The molecule has 6 heteroatoms. The number of rotatable bonds is 7. The Balaban J connectivity index is 0.00000243. The van der Waals surface area contributed by atoms with E-state index in [2.05, 4.69) is 29.4 Å². The fourth-order valence-corrected chi connectivity index (χ4v) is 3.35. The fourth-order valence-electron chi connectivity index (χ4n) is 3.35. The molecule has 1 aliphatic carbocycles. The smallest absolute Gasteiger partial charge is 0.191 e. The number of aliphatic imine (C=N–C) groups is 1. The van der Waals surface area contributed by atoms with Gasteiger partial charge in [0.1, 0.15) is 11.9 Å². The number of nitrogens with zero attached hydrogens (tertiary/aromatic N) is 2. The minimum atomic E-state index is 0. The maximum absolute atomic E-state index is 5.91. The van der Waals surface area contributed by atoms with Crippen LogP contribution in [0.4, 0.5) is 0 Å². The predicted molar refractivity (Wildman–Crippen MR) is 119 cm³/mol. The van der Waals surface area contributed by atoms with Crippen LogP contribution < -0.4 is 15.4 Å². The van der Waals surface area contributed by atoms with Gasteiger partial charge in [-0.1, -0.05) is 18.2 Å². The lowest BCUT2D eigenvalue weighted by Crippen LogP contribution is -2.49. The van der Waals surface area contributed by atoms with Crippen molar-refractivity contribution in [3.63, 3.8) is 0 Å². The summed E-state index contributed by atoms with van der Waals surface area (Å²) in [7, 11) is 0. The number of nitrogens with one attached hydrogen (secondary N) is 2. The van der Waals surface area contributed by atoms with Crippen molar-refractivity contribution in [2.24, 2.45) is 4.99 Å². The van der Waals surface area contributed by atoms with Gasteiger partial charge in [0.25, 0.3) is 0 Å². The van der Waals surface area contributed by atoms with Gasteiger partial charge in [-0.2, -0.15) is 0 Å². The quantitative estimate of drug-likeness (QED) is 0.364. The van der Waals surface area contributed by atoms with Crippen molar-refractivity contribution in [1.82, 2.24) is 15.5 Å². The second kappa shape index (κ2) is 11.0. The molecule has 1 unspecified atom stereocenters. The van der Waals surface area contributed by atoms with E-state index in [0.29, 0.717) is 12.6 Å². The van der Waals surface area contributed by atoms with Gasteiger partial charge in [0.2, 0.25) is 0 Å². The van der Waals surface area contributed by atoms with Crippen molar-refractivity contribution in [2.75, 3.05) is 26.2 Å². The zero-order valence-electron chi connectivity index (χ0n) is 16.0. The summed E-state index contributed by atoms with van der Waals surface area (Å²) in [5.41, 5.74) is 0. The van der Waals surface area contributed by atoms with Crippen LogP contribution >= 0.6 is 24.0 Å². The van der Waals surface area contributed by atoms with E-state index in [1.807, 2.05) is 30.3 Å². The van der Waals surface area contributed by atoms with Gasteiger partial charge in [0.15, 0.2) is 5.96 Å². The first-order valence-electron chi connectivity index (χ1n) is 9.75. The Morgan fingerprint density at radius 1 is 1.19 bits per heavy atom. The van der Waals surface area contributed by atoms with Crippen LogP contribution in [0.2, 0.25) is 0 Å². The summed E-state index contributed by atoms with van der Waals surface area (Å²) in [5, 5.41) is 6.98. The molecule has 26 heavy (non-hydrogen) atoms. The number of benzene rings is 1. The molecule has 1 aromatic carbocycles. The second-order valence-electron chi connectivity index (χ2n) is 7.15. The molecule has 0 spiro atoms. The van der Waals surface area contributed by atoms with Crippen molar-refractivity contribution >= 4 is 29.9 Å². The van der Waals surface area contributed by atoms with Crippen LogP contribution in [-0.4, -0.2) is 55.2 Å². The number of hydrogen-bond donors (Lipinski definition) is 2. The van der Waals surface area contributed by atoms with E-state index in [0.717, 1.165) is 24.3 Å². The fraction of sp³-hybridized carbons (Fsp3) is 0.650. The third-order valence-electron chi connectivity index (χ3n) is 4.86. The van der Waals surface area contributed by atoms with E-state index in [9.17, 15) is 0 Å². The molecular formula is C20H33IN4O. The minimum absolute atomic E-state index is 0. The molecule has 1 saturated heterocycles. The van der Waals surface area contributed by atoms with E-state index in [1.165, 1.54) is 38.8 Å². The Morgan fingerprint density at radius 3 is 2.50 bits per heavy atom. The number of hydrogen-bond acceptors (Lipinski definition) is 3. The summed E-state index contributed by atoms with van der Waals surface area (Å²) in [6.07, 6.45) is 5.27. The molecule has 146 valence electrons. The van der Waals surface area contributed by atoms with Crippen LogP contribution in [0, 0.1) is 0 Å². The number of ether oxygens (including phenoxy) is 1. The Labute approximate surface area is 175 Å². The van der Waals surface area contributed by atoms with Gasteiger partial charge in [0.05, 0.1) is 6.54 Å². The van der Waals surface area contributed by atoms with Crippen LogP contribution in [0.1, 0.15) is 39.5 Å². The number of likely N-dealkylation sites (tertiary alicyclic amines) is 1. The van der Waals surface area contributed by atoms with Crippen molar-refractivity contribution in [3.05, 3.63) is 30.3 Å². The molecule has 0 amide bonds. The first kappa shape index (κ1) is 21.3. The summed E-state index contributed by atoms with van der Waals surface area (Å²) in [5.74, 6) is 1.81. The summed E-state index contributed by atoms with van der Waals surface area (Å²) in [4.78, 5) is 7.38. The molecule has 1 atom stereocenters. The van der Waals surface area contributed by atoms with Gasteiger partial charge in [-0.25, -0.2) is 4.99 Å². The molecule has 1 heterocycles. The topological polar surface area (TPSA) is 48.9 Å². The van der Waals surface area contributed by atoms with Crippen LogP contribution in [0.25, 0.3) is 0 Å². The average molecular weight is 472 g/mol. The van der Waals surface area contributed by atoms with Crippen LogP contribution in [0.5, 0.6) is 5.75 Å². The predicted octanol–water partition coefficient (Wildman–Crippen LogP) is 3.25. The average Bonchev–Trinajstić information content (AvgIpc) is 3.47. The normalized spacial score (nSPS) is 20.2. The molecule has 3 rings (SSSR count). The van der Waals surface area contributed by atoms with Crippen LogP contribution in [0.15, 0.2) is 35.3 Å². The van der Waals surface area contributed by atoms with Crippen molar-refractivity contribution in [2.45, 2.75) is 57.7 Å². The van der Waals surface area contributed by atoms with Gasteiger partial charge < -0.3 is 20.3 Å². The highest BCUT2D eigenvalue weighted by molar-refractivity contribution is 14.0. The van der Waals surface area contributed by atoms with E-state index in [1.54, 1.807) is 0 Å². The Bertz CT molecular complexity index is 542. The highest BCUT2D eigenvalue weighted by Gasteiger charge is 2.31. The zero-order chi connectivity index (χ0) is 17.5. The van der Waals surface area contributed by atoms with Crippen molar-refractivity contribution in [1.29, 1.82) is 0 Å². The highest BCUT2D eigenvalue weighted by atomic mass is 127. The Kier molecular flexibility index (Phi) is 8.98. The standard InChI is InChI=1S/C20H32N4O.HI/c1-3-21-20(22-15-16(2)25-19-7-5-4-6-8-19)23-17-11-13-24(14-12-17)18-9-10-18;/h4-8,16-18H,3,9-15H2,1-2H3,(H2,21,22,23);1H. The molecule has 0 bridgehead atoms. The SMILES string of the molecule is CCNC(=NCC(C)Oc1ccccc1)NC1CCN(C2CC2)CC1.I. The Hall–Kier alpha value is -1.02. The van der Waals surface area contributed by atoms with Gasteiger partial charge in [-0.05, 0) is 51.7 Å². The van der Waals surface area contributed by atoms with E-state index in [-0.39, 0.29) is 30.1 Å². The molecule has 1 aliphatic heterocycles. The minimum Gasteiger partial charge on any atom is -0.489 e. The van der Waals surface area contributed by atoms with Gasteiger partial charge in [0, 0.05) is 31.7 Å². The summed E-state index contributed by atoms with van der Waals surface area (Å²) in [6.45, 7) is 8.13.